The molecule has 4 N–H and O–H groups in total. The van der Waals surface area contributed by atoms with Crippen LogP contribution < -0.4 is 11.1 Å². The third-order valence-electron chi connectivity index (χ3n) is 3.09. The molecule has 0 aliphatic heterocycles. The zero-order chi connectivity index (χ0) is 13.4. The van der Waals surface area contributed by atoms with E-state index >= 15 is 0 Å². The van der Waals surface area contributed by atoms with Crippen molar-refractivity contribution in [1.29, 1.82) is 0 Å². The standard InChI is InChI=1S/C15H24N2O/c1-3-5-6-7-13(17-4-2)10-12-8-9-14(16)15(18)11-12/h4,8-9,11,13,17-18H,2-3,5-7,10,16H2,1H3. The maximum atomic E-state index is 9.59. The minimum absolute atomic E-state index is 0.165. The van der Waals surface area contributed by atoms with Gasteiger partial charge in [0.15, 0.2) is 0 Å². The molecule has 0 saturated carbocycles. The number of hydrogen-bond acceptors (Lipinski definition) is 3. The van der Waals surface area contributed by atoms with Crippen LogP contribution >= 0.6 is 0 Å². The van der Waals surface area contributed by atoms with Gasteiger partial charge in [0, 0.05) is 6.04 Å². The molecule has 0 aliphatic rings. The fourth-order valence-corrected chi connectivity index (χ4v) is 2.05. The van der Waals surface area contributed by atoms with Gasteiger partial charge in [-0.25, -0.2) is 0 Å². The third kappa shape index (κ3) is 4.70. The number of rotatable bonds is 8. The van der Waals surface area contributed by atoms with E-state index in [0.717, 1.165) is 18.4 Å². The molecule has 0 spiro atoms. The molecule has 1 unspecified atom stereocenters. The van der Waals surface area contributed by atoms with E-state index in [4.69, 9.17) is 5.73 Å². The van der Waals surface area contributed by atoms with Crippen LogP contribution in [0.2, 0.25) is 0 Å². The molecule has 1 rings (SSSR count). The van der Waals surface area contributed by atoms with Crippen molar-refractivity contribution in [2.24, 2.45) is 0 Å². The summed E-state index contributed by atoms with van der Waals surface area (Å²) in [5, 5.41) is 12.9. The van der Waals surface area contributed by atoms with Crippen molar-refractivity contribution in [2.45, 2.75) is 45.1 Å². The predicted molar refractivity (Wildman–Crippen MR) is 77.5 cm³/mol. The number of nitrogens with one attached hydrogen (secondary N) is 1. The molecule has 1 aromatic carbocycles. The van der Waals surface area contributed by atoms with Gasteiger partial charge in [-0.2, -0.15) is 0 Å². The fourth-order valence-electron chi connectivity index (χ4n) is 2.05. The molecule has 0 aliphatic carbocycles. The van der Waals surface area contributed by atoms with Crippen molar-refractivity contribution in [2.75, 3.05) is 5.73 Å². The lowest BCUT2D eigenvalue weighted by Crippen LogP contribution is -2.26. The molecule has 3 heteroatoms. The van der Waals surface area contributed by atoms with Gasteiger partial charge in [0.2, 0.25) is 0 Å². The van der Waals surface area contributed by atoms with Crippen LogP contribution in [0, 0.1) is 0 Å². The molecule has 0 amide bonds. The lowest BCUT2D eigenvalue weighted by molar-refractivity contribution is 0.474. The summed E-state index contributed by atoms with van der Waals surface area (Å²) in [7, 11) is 0. The second kappa shape index (κ2) is 7.64. The van der Waals surface area contributed by atoms with Crippen LogP contribution in [-0.2, 0) is 6.42 Å². The number of phenolic OH excluding ortho intramolecular Hbond substituents is 1. The summed E-state index contributed by atoms with van der Waals surface area (Å²) in [6.45, 7) is 5.92. The highest BCUT2D eigenvalue weighted by atomic mass is 16.3. The first-order chi connectivity index (χ1) is 8.67. The Hall–Kier alpha value is -1.64. The molecule has 0 heterocycles. The number of aromatic hydroxyl groups is 1. The van der Waals surface area contributed by atoms with E-state index in [0.29, 0.717) is 11.7 Å². The zero-order valence-corrected chi connectivity index (χ0v) is 11.2. The van der Waals surface area contributed by atoms with Crippen LogP contribution in [0.15, 0.2) is 31.0 Å². The van der Waals surface area contributed by atoms with Gasteiger partial charge in [-0.15, -0.1) is 0 Å². The number of phenols is 1. The highest BCUT2D eigenvalue weighted by Crippen LogP contribution is 2.22. The van der Waals surface area contributed by atoms with Crippen molar-refractivity contribution in [1.82, 2.24) is 5.32 Å². The van der Waals surface area contributed by atoms with E-state index in [9.17, 15) is 5.11 Å². The summed E-state index contributed by atoms with van der Waals surface area (Å²) in [6.07, 6.45) is 7.43. The summed E-state index contributed by atoms with van der Waals surface area (Å²) in [5.41, 5.74) is 7.12. The number of hydrogen-bond donors (Lipinski definition) is 3. The second-order valence-corrected chi connectivity index (χ2v) is 4.66. The molecule has 3 nitrogen and oxygen atoms in total. The van der Waals surface area contributed by atoms with Crippen molar-refractivity contribution >= 4 is 5.69 Å². The minimum atomic E-state index is 0.165. The van der Waals surface area contributed by atoms with E-state index in [1.165, 1.54) is 19.3 Å². The monoisotopic (exact) mass is 248 g/mol. The number of anilines is 1. The lowest BCUT2D eigenvalue weighted by atomic mass is 10.00. The first kappa shape index (κ1) is 14.4. The summed E-state index contributed by atoms with van der Waals surface area (Å²) in [4.78, 5) is 0. The average molecular weight is 248 g/mol. The normalized spacial score (nSPS) is 12.1. The fraction of sp³-hybridized carbons (Fsp3) is 0.467. The summed E-state index contributed by atoms with van der Waals surface area (Å²) in [5.74, 6) is 0.165. The van der Waals surface area contributed by atoms with Gasteiger partial charge in [-0.3, -0.25) is 0 Å². The van der Waals surface area contributed by atoms with E-state index in [1.807, 2.05) is 6.07 Å². The maximum absolute atomic E-state index is 9.59. The molecule has 0 saturated heterocycles. The zero-order valence-electron chi connectivity index (χ0n) is 11.2. The van der Waals surface area contributed by atoms with Gasteiger partial charge in [0.1, 0.15) is 5.75 Å². The van der Waals surface area contributed by atoms with Crippen molar-refractivity contribution < 1.29 is 5.11 Å². The van der Waals surface area contributed by atoms with Crippen LogP contribution in [-0.4, -0.2) is 11.1 Å². The molecule has 0 bridgehead atoms. The maximum Gasteiger partial charge on any atom is 0.138 e. The molecule has 0 fully saturated rings. The third-order valence-corrected chi connectivity index (χ3v) is 3.09. The van der Waals surface area contributed by atoms with Crippen molar-refractivity contribution in [3.8, 4) is 5.75 Å². The molecule has 100 valence electrons. The molecule has 1 aromatic rings. The number of nitrogen functional groups attached to an aromatic ring is 1. The first-order valence-electron chi connectivity index (χ1n) is 6.61. The van der Waals surface area contributed by atoms with Crippen LogP contribution in [0.1, 0.15) is 38.2 Å². The van der Waals surface area contributed by atoms with Crippen molar-refractivity contribution in [3.63, 3.8) is 0 Å². The summed E-state index contributed by atoms with van der Waals surface area (Å²) >= 11 is 0. The molecular formula is C15H24N2O. The SMILES string of the molecule is C=CNC(CCCCC)Cc1ccc(N)c(O)c1. The van der Waals surface area contributed by atoms with Gasteiger partial charge in [0.05, 0.1) is 5.69 Å². The van der Waals surface area contributed by atoms with Crippen LogP contribution in [0.25, 0.3) is 0 Å². The molecule has 1 atom stereocenters. The quantitative estimate of drug-likeness (QED) is 0.376. The van der Waals surface area contributed by atoms with Crippen LogP contribution in [0.3, 0.4) is 0 Å². The van der Waals surface area contributed by atoms with Gasteiger partial charge in [-0.1, -0.05) is 38.8 Å². The van der Waals surface area contributed by atoms with Crippen molar-refractivity contribution in [3.05, 3.63) is 36.5 Å². The average Bonchev–Trinajstić information content (AvgIpc) is 2.34. The number of nitrogens with two attached hydrogens (primary N) is 1. The summed E-state index contributed by atoms with van der Waals surface area (Å²) in [6, 6.07) is 5.83. The number of benzene rings is 1. The largest absolute Gasteiger partial charge is 0.506 e. The molecular weight excluding hydrogens is 224 g/mol. The highest BCUT2D eigenvalue weighted by molar-refractivity contribution is 5.52. The van der Waals surface area contributed by atoms with Gasteiger partial charge in [0.25, 0.3) is 0 Å². The topological polar surface area (TPSA) is 58.3 Å². The lowest BCUT2D eigenvalue weighted by Gasteiger charge is -2.17. The molecule has 0 aromatic heterocycles. The Balaban J connectivity index is 2.58. The van der Waals surface area contributed by atoms with E-state index in [2.05, 4.69) is 18.8 Å². The Morgan fingerprint density at radius 2 is 2.22 bits per heavy atom. The van der Waals surface area contributed by atoms with Crippen LogP contribution in [0.5, 0.6) is 5.75 Å². The minimum Gasteiger partial charge on any atom is -0.506 e. The Labute approximate surface area is 110 Å². The van der Waals surface area contributed by atoms with Gasteiger partial charge >= 0.3 is 0 Å². The Bertz CT molecular complexity index is 377. The number of unbranched alkanes of at least 4 members (excludes halogenated alkanes) is 2. The smallest absolute Gasteiger partial charge is 0.138 e. The Morgan fingerprint density at radius 3 is 2.83 bits per heavy atom. The Kier molecular flexibility index (Phi) is 6.12. The Morgan fingerprint density at radius 1 is 1.44 bits per heavy atom. The van der Waals surface area contributed by atoms with Gasteiger partial charge in [-0.05, 0) is 36.7 Å². The predicted octanol–water partition coefficient (Wildman–Crippen LogP) is 3.20. The first-order valence-corrected chi connectivity index (χ1v) is 6.61. The van der Waals surface area contributed by atoms with E-state index < -0.39 is 0 Å². The van der Waals surface area contributed by atoms with E-state index in [1.54, 1.807) is 18.3 Å². The van der Waals surface area contributed by atoms with Crippen LogP contribution in [0.4, 0.5) is 5.69 Å². The second-order valence-electron chi connectivity index (χ2n) is 4.66. The van der Waals surface area contributed by atoms with Gasteiger partial charge < -0.3 is 16.2 Å². The molecule has 0 radical (unpaired) electrons. The highest BCUT2D eigenvalue weighted by Gasteiger charge is 2.08. The summed E-state index contributed by atoms with van der Waals surface area (Å²) < 4.78 is 0. The van der Waals surface area contributed by atoms with E-state index in [-0.39, 0.29) is 5.75 Å². The molecule has 18 heavy (non-hydrogen) atoms.